The summed E-state index contributed by atoms with van der Waals surface area (Å²) in [5.41, 5.74) is 5.57. The topological polar surface area (TPSA) is 46.3 Å². The average molecular weight is 240 g/mol. The summed E-state index contributed by atoms with van der Waals surface area (Å²) in [5, 5.41) is 0. The Morgan fingerprint density at radius 3 is 2.24 bits per heavy atom. The second-order valence-electron chi connectivity index (χ2n) is 5.58. The number of hydrogen-bond donors (Lipinski definition) is 1. The van der Waals surface area contributed by atoms with E-state index in [1.807, 2.05) is 18.7 Å². The normalized spacial score (nSPS) is 19.2. The van der Waals surface area contributed by atoms with Crippen LogP contribution in [0, 0.1) is 11.8 Å². The Morgan fingerprint density at radius 1 is 1.35 bits per heavy atom. The van der Waals surface area contributed by atoms with Gasteiger partial charge in [0, 0.05) is 13.1 Å². The standard InChI is InChI=1S/C14H28N2O/c1-5-11(6-2)10-16(7-3)13(17)14(4,15)12-8-9-12/h11-12H,5-10,15H2,1-4H3. The summed E-state index contributed by atoms with van der Waals surface area (Å²) >= 11 is 0. The van der Waals surface area contributed by atoms with Crippen LogP contribution in [0.25, 0.3) is 0 Å². The highest BCUT2D eigenvalue weighted by atomic mass is 16.2. The molecule has 3 nitrogen and oxygen atoms in total. The Labute approximate surface area is 106 Å². The largest absolute Gasteiger partial charge is 0.341 e. The summed E-state index contributed by atoms with van der Waals surface area (Å²) in [5.74, 6) is 1.16. The van der Waals surface area contributed by atoms with Crippen LogP contribution < -0.4 is 5.73 Å². The molecular weight excluding hydrogens is 212 g/mol. The highest BCUT2D eigenvalue weighted by molar-refractivity contribution is 5.86. The molecule has 0 aromatic heterocycles. The molecule has 1 rings (SSSR count). The van der Waals surface area contributed by atoms with E-state index < -0.39 is 5.54 Å². The third-order valence-corrected chi connectivity index (χ3v) is 4.19. The van der Waals surface area contributed by atoms with E-state index in [0.29, 0.717) is 11.8 Å². The van der Waals surface area contributed by atoms with Crippen molar-refractivity contribution in [2.45, 2.75) is 58.9 Å². The molecule has 0 aromatic rings. The fourth-order valence-corrected chi connectivity index (χ4v) is 2.41. The number of hydrogen-bond acceptors (Lipinski definition) is 2. The third kappa shape index (κ3) is 3.44. The third-order valence-electron chi connectivity index (χ3n) is 4.19. The number of amides is 1. The van der Waals surface area contributed by atoms with Crippen LogP contribution in [0.2, 0.25) is 0 Å². The maximum Gasteiger partial charge on any atom is 0.242 e. The summed E-state index contributed by atoms with van der Waals surface area (Å²) < 4.78 is 0. The minimum atomic E-state index is -0.637. The molecular formula is C14H28N2O. The van der Waals surface area contributed by atoms with E-state index >= 15 is 0 Å². The molecule has 0 saturated heterocycles. The fourth-order valence-electron chi connectivity index (χ4n) is 2.41. The zero-order chi connectivity index (χ0) is 13.1. The van der Waals surface area contributed by atoms with E-state index in [2.05, 4.69) is 13.8 Å². The van der Waals surface area contributed by atoms with Crippen molar-refractivity contribution in [2.24, 2.45) is 17.6 Å². The maximum atomic E-state index is 12.4. The summed E-state index contributed by atoms with van der Waals surface area (Å²) in [6.07, 6.45) is 4.48. The van der Waals surface area contributed by atoms with Crippen molar-refractivity contribution in [3.05, 3.63) is 0 Å². The molecule has 100 valence electrons. The van der Waals surface area contributed by atoms with E-state index in [1.165, 1.54) is 0 Å². The predicted molar refractivity (Wildman–Crippen MR) is 71.6 cm³/mol. The Bertz CT molecular complexity index is 255. The van der Waals surface area contributed by atoms with Gasteiger partial charge in [-0.3, -0.25) is 4.79 Å². The van der Waals surface area contributed by atoms with Gasteiger partial charge in [-0.2, -0.15) is 0 Å². The zero-order valence-electron chi connectivity index (χ0n) is 11.8. The lowest BCUT2D eigenvalue weighted by Crippen LogP contribution is -2.55. The van der Waals surface area contributed by atoms with Crippen LogP contribution in [0.3, 0.4) is 0 Å². The molecule has 1 fully saturated rings. The van der Waals surface area contributed by atoms with Crippen molar-refractivity contribution in [3.8, 4) is 0 Å². The molecule has 17 heavy (non-hydrogen) atoms. The molecule has 0 radical (unpaired) electrons. The van der Waals surface area contributed by atoms with E-state index in [1.54, 1.807) is 0 Å². The van der Waals surface area contributed by atoms with Gasteiger partial charge in [0.15, 0.2) is 0 Å². The van der Waals surface area contributed by atoms with Gasteiger partial charge in [-0.25, -0.2) is 0 Å². The van der Waals surface area contributed by atoms with Crippen LogP contribution in [0.15, 0.2) is 0 Å². The minimum Gasteiger partial charge on any atom is -0.341 e. The zero-order valence-corrected chi connectivity index (χ0v) is 11.8. The minimum absolute atomic E-state index is 0.148. The van der Waals surface area contributed by atoms with Crippen molar-refractivity contribution >= 4 is 5.91 Å². The van der Waals surface area contributed by atoms with Crippen molar-refractivity contribution in [3.63, 3.8) is 0 Å². The number of carbonyl (C=O) groups is 1. The first kappa shape index (κ1) is 14.5. The molecule has 1 saturated carbocycles. The van der Waals surface area contributed by atoms with Crippen molar-refractivity contribution in [2.75, 3.05) is 13.1 Å². The Kier molecular flexibility index (Phi) is 4.99. The number of carbonyl (C=O) groups excluding carboxylic acids is 1. The van der Waals surface area contributed by atoms with E-state index in [4.69, 9.17) is 5.73 Å². The molecule has 0 bridgehead atoms. The molecule has 0 spiro atoms. The average Bonchev–Trinajstić information content (AvgIpc) is 3.14. The number of nitrogens with two attached hydrogens (primary N) is 1. The lowest BCUT2D eigenvalue weighted by Gasteiger charge is -2.33. The second-order valence-corrected chi connectivity index (χ2v) is 5.58. The molecule has 3 heteroatoms. The van der Waals surface area contributed by atoms with Gasteiger partial charge < -0.3 is 10.6 Å². The molecule has 1 aliphatic carbocycles. The molecule has 1 atom stereocenters. The Morgan fingerprint density at radius 2 is 1.88 bits per heavy atom. The van der Waals surface area contributed by atoms with Crippen molar-refractivity contribution in [1.82, 2.24) is 4.90 Å². The second kappa shape index (κ2) is 5.85. The first-order chi connectivity index (χ1) is 7.97. The SMILES string of the molecule is CCC(CC)CN(CC)C(=O)C(C)(N)C1CC1. The predicted octanol–water partition coefficient (Wildman–Crippen LogP) is 2.40. The molecule has 1 amide bonds. The van der Waals surface area contributed by atoms with Gasteiger partial charge >= 0.3 is 0 Å². The molecule has 0 aliphatic heterocycles. The maximum absolute atomic E-state index is 12.4. The number of rotatable bonds is 7. The first-order valence-corrected chi connectivity index (χ1v) is 7.05. The van der Waals surface area contributed by atoms with E-state index in [9.17, 15) is 4.79 Å². The summed E-state index contributed by atoms with van der Waals surface area (Å²) in [6, 6.07) is 0. The highest BCUT2D eigenvalue weighted by Gasteiger charge is 2.45. The van der Waals surface area contributed by atoms with Crippen molar-refractivity contribution in [1.29, 1.82) is 0 Å². The van der Waals surface area contributed by atoms with E-state index in [0.717, 1.165) is 38.8 Å². The quantitative estimate of drug-likeness (QED) is 0.742. The van der Waals surface area contributed by atoms with E-state index in [-0.39, 0.29) is 5.91 Å². The monoisotopic (exact) mass is 240 g/mol. The Balaban J connectivity index is 2.62. The van der Waals surface area contributed by atoms with Gasteiger partial charge in [0.2, 0.25) is 5.91 Å². The van der Waals surface area contributed by atoms with Crippen molar-refractivity contribution < 1.29 is 4.79 Å². The lowest BCUT2D eigenvalue weighted by atomic mass is 9.94. The molecule has 2 N–H and O–H groups in total. The van der Waals surface area contributed by atoms with Gasteiger partial charge in [-0.15, -0.1) is 0 Å². The number of likely N-dealkylation sites (N-methyl/N-ethyl adjacent to an activating group) is 1. The lowest BCUT2D eigenvalue weighted by molar-refractivity contribution is -0.137. The number of nitrogens with zero attached hydrogens (tertiary/aromatic N) is 1. The van der Waals surface area contributed by atoms with Gasteiger partial charge in [0.1, 0.15) is 0 Å². The smallest absolute Gasteiger partial charge is 0.242 e. The molecule has 1 unspecified atom stereocenters. The fraction of sp³-hybridized carbons (Fsp3) is 0.929. The Hall–Kier alpha value is -0.570. The van der Waals surface area contributed by atoms with Crippen LogP contribution in [-0.2, 0) is 4.79 Å². The van der Waals surface area contributed by atoms with Gasteiger partial charge in [0.25, 0.3) is 0 Å². The van der Waals surface area contributed by atoms with Crippen LogP contribution in [0.1, 0.15) is 53.4 Å². The van der Waals surface area contributed by atoms with Gasteiger partial charge in [0.05, 0.1) is 5.54 Å². The molecule has 0 heterocycles. The van der Waals surface area contributed by atoms with Crippen LogP contribution in [0.4, 0.5) is 0 Å². The first-order valence-electron chi connectivity index (χ1n) is 7.05. The summed E-state index contributed by atoms with van der Waals surface area (Å²) in [7, 11) is 0. The van der Waals surface area contributed by atoms with Crippen LogP contribution in [0.5, 0.6) is 0 Å². The molecule has 1 aliphatic rings. The van der Waals surface area contributed by atoms with Crippen LogP contribution >= 0.6 is 0 Å². The van der Waals surface area contributed by atoms with Gasteiger partial charge in [-0.1, -0.05) is 26.7 Å². The molecule has 0 aromatic carbocycles. The van der Waals surface area contributed by atoms with Gasteiger partial charge in [-0.05, 0) is 38.5 Å². The summed E-state index contributed by atoms with van der Waals surface area (Å²) in [4.78, 5) is 14.4. The summed E-state index contributed by atoms with van der Waals surface area (Å²) in [6.45, 7) is 9.96. The van der Waals surface area contributed by atoms with Crippen LogP contribution in [-0.4, -0.2) is 29.4 Å². The highest BCUT2D eigenvalue weighted by Crippen LogP contribution is 2.39.